The zero-order valence-electron chi connectivity index (χ0n) is 17.4. The number of anilines is 1. The summed E-state index contributed by atoms with van der Waals surface area (Å²) < 4.78 is 37.5. The van der Waals surface area contributed by atoms with Crippen molar-refractivity contribution in [2.45, 2.75) is 25.7 Å². The Morgan fingerprint density at radius 1 is 1.10 bits per heavy atom. The van der Waals surface area contributed by atoms with E-state index in [0.29, 0.717) is 11.4 Å². The lowest BCUT2D eigenvalue weighted by Crippen LogP contribution is -2.28. The summed E-state index contributed by atoms with van der Waals surface area (Å²) in [5.41, 5.74) is -0.491. The van der Waals surface area contributed by atoms with Crippen LogP contribution in [0.2, 0.25) is 5.02 Å². The Morgan fingerprint density at radius 3 is 2.33 bits per heavy atom. The van der Waals surface area contributed by atoms with Crippen LogP contribution in [0.5, 0.6) is 5.75 Å². The highest BCUT2D eigenvalue weighted by Gasteiger charge is 2.27. The molecule has 0 atom stereocenters. The van der Waals surface area contributed by atoms with Crippen molar-refractivity contribution in [2.75, 3.05) is 25.1 Å². The Labute approximate surface area is 181 Å². The summed E-state index contributed by atoms with van der Waals surface area (Å²) in [6.07, 6.45) is 0. The molecular weight excluding hydrogens is 430 g/mol. The van der Waals surface area contributed by atoms with Gasteiger partial charge < -0.3 is 9.47 Å². The average molecular weight is 454 g/mol. The average Bonchev–Trinajstić information content (AvgIpc) is 2.70. The molecule has 0 amide bonds. The molecule has 0 heterocycles. The molecule has 0 aliphatic heterocycles. The summed E-state index contributed by atoms with van der Waals surface area (Å²) in [6, 6.07) is 10.4. The number of nitrogens with zero attached hydrogens (tertiary/aromatic N) is 1. The maximum absolute atomic E-state index is 13.1. The van der Waals surface area contributed by atoms with E-state index in [-0.39, 0.29) is 21.3 Å². The van der Waals surface area contributed by atoms with E-state index in [9.17, 15) is 18.0 Å². The van der Waals surface area contributed by atoms with Crippen molar-refractivity contribution >= 4 is 39.1 Å². The Bertz CT molecular complexity index is 1060. The smallest absolute Gasteiger partial charge is 0.340 e. The van der Waals surface area contributed by atoms with Crippen molar-refractivity contribution < 1.29 is 27.5 Å². The molecule has 0 bridgehead atoms. The number of ether oxygens (including phenoxy) is 2. The molecule has 0 aliphatic rings. The number of sulfonamides is 1. The first-order valence-corrected chi connectivity index (χ1v) is 10.8. The maximum atomic E-state index is 13.1. The molecule has 30 heavy (non-hydrogen) atoms. The van der Waals surface area contributed by atoms with Gasteiger partial charge >= 0.3 is 5.97 Å². The van der Waals surface area contributed by atoms with E-state index < -0.39 is 28.0 Å². The summed E-state index contributed by atoms with van der Waals surface area (Å²) >= 11 is 6.08. The van der Waals surface area contributed by atoms with Crippen LogP contribution in [0.1, 0.15) is 31.1 Å². The van der Waals surface area contributed by atoms with Gasteiger partial charge in [-0.3, -0.25) is 9.10 Å². The number of para-hydroxylation sites is 2. The molecule has 0 aliphatic carbocycles. The fourth-order valence-electron chi connectivity index (χ4n) is 2.42. The minimum absolute atomic E-state index is 0.0158. The summed E-state index contributed by atoms with van der Waals surface area (Å²) in [7, 11) is -1.22. The first-order valence-electron chi connectivity index (χ1n) is 9.01. The number of rotatable bonds is 7. The highest BCUT2D eigenvalue weighted by Crippen LogP contribution is 2.32. The molecule has 0 radical (unpaired) electrons. The van der Waals surface area contributed by atoms with E-state index in [1.807, 2.05) is 0 Å². The standard InChI is InChI=1S/C21H24ClNO6S/c1-21(2,3)19(24)13-29-20(25)15-12-14(10-11-16(15)22)30(26,27)23(4)17-8-6-7-9-18(17)28-5/h6-12H,13H2,1-5H3. The van der Waals surface area contributed by atoms with Crippen molar-refractivity contribution in [3.8, 4) is 5.75 Å². The highest BCUT2D eigenvalue weighted by molar-refractivity contribution is 7.92. The number of benzene rings is 2. The normalized spacial score (nSPS) is 11.7. The zero-order chi connectivity index (χ0) is 22.7. The van der Waals surface area contributed by atoms with Gasteiger partial charge in [-0.05, 0) is 30.3 Å². The molecule has 0 unspecified atom stereocenters. The first kappa shape index (κ1) is 23.7. The van der Waals surface area contributed by atoms with Crippen LogP contribution in [-0.2, 0) is 19.6 Å². The minimum Gasteiger partial charge on any atom is -0.495 e. The number of carbonyl (C=O) groups is 2. The van der Waals surface area contributed by atoms with Gasteiger partial charge in [0.1, 0.15) is 5.75 Å². The third-order valence-electron chi connectivity index (χ3n) is 4.41. The third-order valence-corrected chi connectivity index (χ3v) is 6.51. The van der Waals surface area contributed by atoms with Crippen LogP contribution in [0.3, 0.4) is 0 Å². The van der Waals surface area contributed by atoms with Crippen molar-refractivity contribution in [3.63, 3.8) is 0 Å². The number of esters is 1. The van der Waals surface area contributed by atoms with Crippen LogP contribution < -0.4 is 9.04 Å². The van der Waals surface area contributed by atoms with Gasteiger partial charge in [-0.25, -0.2) is 13.2 Å². The Balaban J connectivity index is 2.35. The molecule has 9 heteroatoms. The molecule has 162 valence electrons. The van der Waals surface area contributed by atoms with Crippen LogP contribution in [0.25, 0.3) is 0 Å². The number of Topliss-reactive ketones (excluding diaryl/α,β-unsaturated/α-hetero) is 1. The van der Waals surface area contributed by atoms with Gasteiger partial charge in [-0.15, -0.1) is 0 Å². The fraction of sp³-hybridized carbons (Fsp3) is 0.333. The maximum Gasteiger partial charge on any atom is 0.340 e. The lowest BCUT2D eigenvalue weighted by molar-refractivity contribution is -0.129. The molecule has 2 aromatic carbocycles. The highest BCUT2D eigenvalue weighted by atomic mass is 35.5. The Kier molecular flexibility index (Phi) is 7.15. The van der Waals surface area contributed by atoms with Crippen LogP contribution >= 0.6 is 11.6 Å². The van der Waals surface area contributed by atoms with Gasteiger partial charge in [-0.1, -0.05) is 44.5 Å². The van der Waals surface area contributed by atoms with Crippen LogP contribution in [0, 0.1) is 5.41 Å². The SMILES string of the molecule is COc1ccccc1N(C)S(=O)(=O)c1ccc(Cl)c(C(=O)OCC(=O)C(C)(C)C)c1. The van der Waals surface area contributed by atoms with E-state index in [4.69, 9.17) is 21.1 Å². The van der Waals surface area contributed by atoms with Crippen LogP contribution in [-0.4, -0.2) is 40.9 Å². The van der Waals surface area contributed by atoms with Gasteiger partial charge in [0.2, 0.25) is 0 Å². The number of carbonyl (C=O) groups excluding carboxylic acids is 2. The molecule has 0 aromatic heterocycles. The lowest BCUT2D eigenvalue weighted by Gasteiger charge is -2.22. The van der Waals surface area contributed by atoms with Crippen LogP contribution in [0.4, 0.5) is 5.69 Å². The van der Waals surface area contributed by atoms with Gasteiger partial charge in [0.25, 0.3) is 10.0 Å². The summed E-state index contributed by atoms with van der Waals surface area (Å²) in [6.45, 7) is 4.68. The summed E-state index contributed by atoms with van der Waals surface area (Å²) in [5.74, 6) is -0.779. The minimum atomic E-state index is -4.03. The van der Waals surface area contributed by atoms with E-state index >= 15 is 0 Å². The number of ketones is 1. The van der Waals surface area contributed by atoms with Crippen LogP contribution in [0.15, 0.2) is 47.4 Å². The number of hydrogen-bond acceptors (Lipinski definition) is 6. The molecule has 0 spiro atoms. The second kappa shape index (κ2) is 9.06. The predicted octanol–water partition coefficient (Wildman–Crippen LogP) is 3.95. The quantitative estimate of drug-likeness (QED) is 0.590. The molecule has 0 N–H and O–H groups in total. The number of halogens is 1. The number of hydrogen-bond donors (Lipinski definition) is 0. The van der Waals surface area contributed by atoms with E-state index in [1.54, 1.807) is 45.0 Å². The van der Waals surface area contributed by atoms with Gasteiger partial charge in [0.15, 0.2) is 12.4 Å². The van der Waals surface area contributed by atoms with Crippen molar-refractivity contribution in [1.82, 2.24) is 0 Å². The first-order chi connectivity index (χ1) is 13.9. The van der Waals surface area contributed by atoms with E-state index in [1.165, 1.54) is 26.3 Å². The van der Waals surface area contributed by atoms with Gasteiger partial charge in [-0.2, -0.15) is 0 Å². The molecule has 0 fully saturated rings. The third kappa shape index (κ3) is 5.12. The number of methoxy groups -OCH3 is 1. The summed E-state index contributed by atoms with van der Waals surface area (Å²) in [5, 5.41) is 0.0158. The largest absolute Gasteiger partial charge is 0.495 e. The summed E-state index contributed by atoms with van der Waals surface area (Å²) in [4.78, 5) is 24.3. The molecule has 0 saturated heterocycles. The van der Waals surface area contributed by atoms with Gasteiger partial charge in [0, 0.05) is 12.5 Å². The second-order valence-corrected chi connectivity index (χ2v) is 9.91. The van der Waals surface area contributed by atoms with E-state index in [2.05, 4.69) is 0 Å². The molecule has 2 rings (SSSR count). The molecule has 7 nitrogen and oxygen atoms in total. The van der Waals surface area contributed by atoms with Crippen molar-refractivity contribution in [3.05, 3.63) is 53.1 Å². The van der Waals surface area contributed by atoms with Crippen molar-refractivity contribution in [2.24, 2.45) is 5.41 Å². The lowest BCUT2D eigenvalue weighted by atomic mass is 9.91. The van der Waals surface area contributed by atoms with Gasteiger partial charge in [0.05, 0.1) is 28.3 Å². The predicted molar refractivity (Wildman–Crippen MR) is 115 cm³/mol. The van der Waals surface area contributed by atoms with E-state index in [0.717, 1.165) is 10.4 Å². The monoisotopic (exact) mass is 453 g/mol. The molecular formula is C21H24ClNO6S. The second-order valence-electron chi connectivity index (χ2n) is 7.54. The molecule has 2 aromatic rings. The Morgan fingerprint density at radius 2 is 1.73 bits per heavy atom. The zero-order valence-corrected chi connectivity index (χ0v) is 19.0. The fourth-order valence-corrected chi connectivity index (χ4v) is 3.85. The topological polar surface area (TPSA) is 90.0 Å². The Hall–Kier alpha value is -2.58. The van der Waals surface area contributed by atoms with Crippen molar-refractivity contribution in [1.29, 1.82) is 0 Å². The molecule has 0 saturated carbocycles.